The molecule has 1 rings (SSSR count). The number of esters is 3. The molecule has 36 heavy (non-hydrogen) atoms. The van der Waals surface area contributed by atoms with E-state index in [0.29, 0.717) is 13.7 Å². The van der Waals surface area contributed by atoms with Crippen LogP contribution in [0.25, 0.3) is 0 Å². The first kappa shape index (κ1) is 31.1. The van der Waals surface area contributed by atoms with Crippen molar-refractivity contribution < 1.29 is 28.6 Å². The van der Waals surface area contributed by atoms with Crippen molar-refractivity contribution in [2.75, 3.05) is 17.3 Å². The molecule has 0 aliphatic heterocycles. The highest BCUT2D eigenvalue weighted by molar-refractivity contribution is 7.80. The lowest BCUT2D eigenvalue weighted by Gasteiger charge is -2.16. The van der Waals surface area contributed by atoms with Crippen molar-refractivity contribution in [3.8, 4) is 0 Å². The van der Waals surface area contributed by atoms with Crippen LogP contribution < -0.4 is 17.1 Å². The van der Waals surface area contributed by atoms with Gasteiger partial charge in [0, 0.05) is 17.3 Å². The monoisotopic (exact) mass is 561 g/mol. The number of hydrogen-bond acceptors (Lipinski definition) is 12. The molecule has 0 bridgehead atoms. The Morgan fingerprint density at radius 3 is 0.972 bits per heavy atom. The highest BCUT2D eigenvalue weighted by Gasteiger charge is 2.20. The van der Waals surface area contributed by atoms with Crippen molar-refractivity contribution in [1.29, 1.82) is 0 Å². The fourth-order valence-electron chi connectivity index (χ4n) is 2.62. The third-order valence-electron chi connectivity index (χ3n) is 4.11. The number of ether oxygens (including phenoxy) is 3. The molecule has 0 fully saturated rings. The summed E-state index contributed by atoms with van der Waals surface area (Å²) in [6.45, 7) is 8.81. The summed E-state index contributed by atoms with van der Waals surface area (Å²) >= 11 is 11.7. The van der Waals surface area contributed by atoms with Crippen molar-refractivity contribution in [3.63, 3.8) is 0 Å². The van der Waals surface area contributed by atoms with Crippen LogP contribution in [-0.4, -0.2) is 48.9 Å². The number of aromatic nitrogens is 3. The van der Waals surface area contributed by atoms with E-state index in [4.69, 9.17) is 14.2 Å². The molecular weight excluding hydrogens is 534 g/mol. The third-order valence-corrected chi connectivity index (χ3v) is 4.78. The number of rotatable bonds is 15. The van der Waals surface area contributed by atoms with E-state index < -0.39 is 54.6 Å². The van der Waals surface area contributed by atoms with Crippen LogP contribution in [0.5, 0.6) is 0 Å². The van der Waals surface area contributed by atoms with Crippen molar-refractivity contribution in [3.05, 3.63) is 68.5 Å². The Bertz CT molecular complexity index is 1040. The van der Waals surface area contributed by atoms with E-state index in [2.05, 4.69) is 57.6 Å². The molecule has 1 aromatic heterocycles. The second-order valence-electron chi connectivity index (χ2n) is 7.07. The van der Waals surface area contributed by atoms with E-state index in [1.165, 1.54) is 0 Å². The topological polar surface area (TPSA) is 145 Å². The van der Waals surface area contributed by atoms with Crippen LogP contribution in [0.3, 0.4) is 0 Å². The maximum Gasteiger partial charge on any atom is 0.337 e. The Morgan fingerprint density at radius 1 is 0.556 bits per heavy atom. The Kier molecular flexibility index (Phi) is 13.2. The Morgan fingerprint density at radius 2 is 0.778 bits per heavy atom. The minimum atomic E-state index is -1.11. The number of allylic oxidation sites excluding steroid dienone is 3. The average Bonchev–Trinajstić information content (AvgIpc) is 2.77. The first-order valence-corrected chi connectivity index (χ1v) is 12.3. The van der Waals surface area contributed by atoms with Crippen molar-refractivity contribution in [2.45, 2.75) is 38.9 Å². The average molecular weight is 562 g/mol. The summed E-state index contributed by atoms with van der Waals surface area (Å²) in [5.41, 5.74) is -3.34. The molecule has 1 aromatic rings. The fourth-order valence-corrected chi connectivity index (χ4v) is 3.17. The summed E-state index contributed by atoms with van der Waals surface area (Å²) in [6.07, 6.45) is -0.138. The molecule has 0 aliphatic rings. The Labute approximate surface area is 222 Å². The first-order chi connectivity index (χ1) is 16.9. The van der Waals surface area contributed by atoms with Crippen LogP contribution in [0.1, 0.15) is 19.3 Å². The van der Waals surface area contributed by atoms with Gasteiger partial charge in [0.05, 0.1) is 38.9 Å². The molecule has 0 aromatic carbocycles. The molecule has 1 heterocycles. The van der Waals surface area contributed by atoms with E-state index >= 15 is 0 Å². The SMILES string of the molecule is C=C(Cn1c(=O)n(CC(=C)OC(=O)CCS)c(=O)n(CC(=C)OC(=O)CCS)c1=O)OC(=O)CCS. The summed E-state index contributed by atoms with van der Waals surface area (Å²) in [5, 5.41) is 0. The van der Waals surface area contributed by atoms with Crippen LogP contribution in [-0.2, 0) is 48.2 Å². The van der Waals surface area contributed by atoms with Gasteiger partial charge in [-0.05, 0) is 0 Å². The molecule has 198 valence electrons. The zero-order valence-corrected chi connectivity index (χ0v) is 22.0. The van der Waals surface area contributed by atoms with Crippen LogP contribution >= 0.6 is 37.9 Å². The van der Waals surface area contributed by atoms with Gasteiger partial charge in [0.15, 0.2) is 0 Å². The molecule has 0 N–H and O–H groups in total. The zero-order chi connectivity index (χ0) is 27.4. The second kappa shape index (κ2) is 15.3. The molecule has 0 spiro atoms. The van der Waals surface area contributed by atoms with Crippen LogP contribution in [0, 0.1) is 0 Å². The van der Waals surface area contributed by atoms with E-state index in [1.54, 1.807) is 0 Å². The maximum atomic E-state index is 13.0. The summed E-state index contributed by atoms with van der Waals surface area (Å²) in [4.78, 5) is 74.2. The fraction of sp³-hybridized carbons (Fsp3) is 0.429. The molecule has 0 saturated heterocycles. The number of carbonyl (C=O) groups is 3. The number of thiol groups is 3. The van der Waals surface area contributed by atoms with Crippen molar-refractivity contribution in [2.24, 2.45) is 0 Å². The zero-order valence-electron chi connectivity index (χ0n) is 19.3. The van der Waals surface area contributed by atoms with Gasteiger partial charge in [-0.15, -0.1) is 0 Å². The third kappa shape index (κ3) is 9.62. The lowest BCUT2D eigenvalue weighted by molar-refractivity contribution is -0.140. The predicted octanol–water partition coefficient (Wildman–Crippen LogP) is 0.302. The largest absolute Gasteiger partial charge is 0.430 e. The second-order valence-corrected chi connectivity index (χ2v) is 8.41. The lowest BCUT2D eigenvalue weighted by Crippen LogP contribution is -2.55. The van der Waals surface area contributed by atoms with Gasteiger partial charge in [-0.2, -0.15) is 37.9 Å². The number of nitrogens with zero attached hydrogens (tertiary/aromatic N) is 3. The highest BCUT2D eigenvalue weighted by Crippen LogP contribution is 2.03. The standard InChI is InChI=1S/C21H27N3O9S3/c1-13(31-16(25)4-7-34)10-22-19(28)23(11-14(2)32-17(26)5-8-35)21(30)24(20(22)29)12-15(3)33-18(27)6-9-36/h34-36H,1-12H2. The van der Waals surface area contributed by atoms with Crippen molar-refractivity contribution in [1.82, 2.24) is 13.7 Å². The van der Waals surface area contributed by atoms with Crippen LogP contribution in [0.15, 0.2) is 51.4 Å². The van der Waals surface area contributed by atoms with E-state index in [1.807, 2.05) is 0 Å². The summed E-state index contributed by atoms with van der Waals surface area (Å²) in [6, 6.07) is 0. The summed E-state index contributed by atoms with van der Waals surface area (Å²) < 4.78 is 16.6. The van der Waals surface area contributed by atoms with Gasteiger partial charge in [0.25, 0.3) is 0 Å². The van der Waals surface area contributed by atoms with Gasteiger partial charge in [0.1, 0.15) is 17.3 Å². The van der Waals surface area contributed by atoms with E-state index in [9.17, 15) is 28.8 Å². The van der Waals surface area contributed by atoms with E-state index in [-0.39, 0.29) is 53.8 Å². The van der Waals surface area contributed by atoms with Gasteiger partial charge in [-0.3, -0.25) is 14.4 Å². The Balaban J connectivity index is 3.45. The molecule has 0 atom stereocenters. The smallest absolute Gasteiger partial charge is 0.337 e. The quantitative estimate of drug-likeness (QED) is 0.119. The summed E-state index contributed by atoms with van der Waals surface area (Å²) in [5.74, 6) is -2.23. The maximum absolute atomic E-state index is 13.0. The highest BCUT2D eigenvalue weighted by atomic mass is 32.1. The van der Waals surface area contributed by atoms with Gasteiger partial charge in [0.2, 0.25) is 0 Å². The minimum absolute atomic E-state index is 0.0459. The molecule has 0 radical (unpaired) electrons. The van der Waals surface area contributed by atoms with Gasteiger partial charge in [-0.25, -0.2) is 28.1 Å². The Hall–Kier alpha value is -2.91. The van der Waals surface area contributed by atoms with Crippen molar-refractivity contribution >= 4 is 55.8 Å². The minimum Gasteiger partial charge on any atom is -0.430 e. The van der Waals surface area contributed by atoms with Crippen LogP contribution in [0.2, 0.25) is 0 Å². The van der Waals surface area contributed by atoms with Crippen LogP contribution in [0.4, 0.5) is 0 Å². The summed E-state index contributed by atoms with van der Waals surface area (Å²) in [7, 11) is 0. The van der Waals surface area contributed by atoms with Gasteiger partial charge < -0.3 is 14.2 Å². The molecule has 0 aliphatic carbocycles. The molecule has 12 nitrogen and oxygen atoms in total. The normalized spacial score (nSPS) is 10.4. The molecule has 0 saturated carbocycles. The lowest BCUT2D eigenvalue weighted by atomic mass is 10.4. The molecule has 0 amide bonds. The number of carbonyl (C=O) groups excluding carboxylic acids is 3. The molecule has 0 unspecified atom stereocenters. The predicted molar refractivity (Wildman–Crippen MR) is 140 cm³/mol. The first-order valence-electron chi connectivity index (χ1n) is 10.4. The number of hydrogen-bond donors (Lipinski definition) is 3. The van der Waals surface area contributed by atoms with Gasteiger partial charge >= 0.3 is 35.0 Å². The molecular formula is C21H27N3O9S3. The van der Waals surface area contributed by atoms with Gasteiger partial charge in [-0.1, -0.05) is 19.7 Å². The van der Waals surface area contributed by atoms with E-state index in [0.717, 1.165) is 0 Å². The molecule has 15 heteroatoms.